The first-order chi connectivity index (χ1) is 8.43. The smallest absolute Gasteiger partial charge is 0.134 e. The molecule has 0 saturated carbocycles. The molecule has 0 aliphatic rings. The maximum absolute atomic E-state index is 14.1. The number of aryl methyl sites for hydroxylation is 1. The number of ether oxygens (including phenoxy) is 2. The number of halogens is 1. The number of aliphatic hydroxyl groups is 1. The first-order valence-electron chi connectivity index (χ1n) is 5.99. The highest BCUT2D eigenvalue weighted by atomic mass is 19.1. The molecule has 0 aliphatic carbocycles. The zero-order chi connectivity index (χ0) is 13.8. The summed E-state index contributed by atoms with van der Waals surface area (Å²) in [6, 6.07) is 3.46. The first kappa shape index (κ1) is 14.8. The molecule has 0 amide bonds. The molecule has 1 aromatic carbocycles. The van der Waals surface area contributed by atoms with Crippen molar-refractivity contribution in [1.82, 2.24) is 0 Å². The second-order valence-corrected chi connectivity index (χ2v) is 4.66. The zero-order valence-electron chi connectivity index (χ0n) is 11.4. The zero-order valence-corrected chi connectivity index (χ0v) is 11.4. The number of aliphatic hydroxyl groups excluding tert-OH is 1. The van der Waals surface area contributed by atoms with Crippen molar-refractivity contribution in [3.05, 3.63) is 23.3 Å². The Bertz CT molecular complexity index is 397. The number of methoxy groups -OCH3 is 2. The predicted octanol–water partition coefficient (Wildman–Crippen LogP) is 2.83. The summed E-state index contributed by atoms with van der Waals surface area (Å²) in [7, 11) is 3.08. The molecule has 0 heterocycles. The number of benzene rings is 1. The molecule has 1 N–H and O–H groups in total. The highest BCUT2D eigenvalue weighted by Crippen LogP contribution is 2.38. The summed E-state index contributed by atoms with van der Waals surface area (Å²) in [5.74, 6) is 1.14. The van der Waals surface area contributed by atoms with Crippen molar-refractivity contribution in [3.8, 4) is 11.5 Å². The SMILES string of the molecule is COc1cc(C(C)(C)F)c(OC)cc1CCCO. The Morgan fingerprint density at radius 3 is 2.22 bits per heavy atom. The van der Waals surface area contributed by atoms with Crippen molar-refractivity contribution in [2.45, 2.75) is 32.4 Å². The molecule has 0 aromatic heterocycles. The Labute approximate surface area is 108 Å². The molecule has 0 spiro atoms. The van der Waals surface area contributed by atoms with E-state index in [0.717, 1.165) is 5.56 Å². The molecule has 0 atom stereocenters. The van der Waals surface area contributed by atoms with Crippen LogP contribution >= 0.6 is 0 Å². The van der Waals surface area contributed by atoms with Gasteiger partial charge in [-0.1, -0.05) is 0 Å². The molecule has 0 bridgehead atoms. The molecule has 0 fully saturated rings. The maximum Gasteiger partial charge on any atom is 0.134 e. The topological polar surface area (TPSA) is 38.7 Å². The van der Waals surface area contributed by atoms with Gasteiger partial charge in [-0.3, -0.25) is 0 Å². The van der Waals surface area contributed by atoms with E-state index in [1.165, 1.54) is 21.0 Å². The Morgan fingerprint density at radius 2 is 1.78 bits per heavy atom. The van der Waals surface area contributed by atoms with Crippen LogP contribution in [0.15, 0.2) is 12.1 Å². The average molecular weight is 256 g/mol. The number of hydrogen-bond acceptors (Lipinski definition) is 3. The van der Waals surface area contributed by atoms with Gasteiger partial charge < -0.3 is 14.6 Å². The molecule has 1 aromatic rings. The molecule has 0 saturated heterocycles. The standard InChI is InChI=1S/C14H21FO3/c1-14(2,15)11-9-12(17-3)10(6-5-7-16)8-13(11)18-4/h8-9,16H,5-7H2,1-4H3. The monoisotopic (exact) mass is 256 g/mol. The molecule has 102 valence electrons. The van der Waals surface area contributed by atoms with Crippen LogP contribution in [-0.4, -0.2) is 25.9 Å². The maximum atomic E-state index is 14.1. The van der Waals surface area contributed by atoms with Crippen LogP contribution in [0.25, 0.3) is 0 Å². The van der Waals surface area contributed by atoms with E-state index in [9.17, 15) is 4.39 Å². The average Bonchev–Trinajstić information content (AvgIpc) is 2.33. The van der Waals surface area contributed by atoms with Gasteiger partial charge in [-0.25, -0.2) is 4.39 Å². The fourth-order valence-electron chi connectivity index (χ4n) is 1.89. The van der Waals surface area contributed by atoms with Crippen LogP contribution in [0.1, 0.15) is 31.4 Å². The van der Waals surface area contributed by atoms with Gasteiger partial charge in [0.05, 0.1) is 14.2 Å². The van der Waals surface area contributed by atoms with Crippen molar-refractivity contribution >= 4 is 0 Å². The fourth-order valence-corrected chi connectivity index (χ4v) is 1.89. The van der Waals surface area contributed by atoms with Gasteiger partial charge in [0.15, 0.2) is 0 Å². The summed E-state index contributed by atoms with van der Waals surface area (Å²) in [5, 5.41) is 8.87. The summed E-state index contributed by atoms with van der Waals surface area (Å²) in [6.07, 6.45) is 1.31. The summed E-state index contributed by atoms with van der Waals surface area (Å²) < 4.78 is 24.6. The summed E-state index contributed by atoms with van der Waals surface area (Å²) in [5.41, 5.74) is -0.111. The van der Waals surface area contributed by atoms with Gasteiger partial charge in [-0.05, 0) is 44.4 Å². The van der Waals surface area contributed by atoms with Crippen LogP contribution in [0.3, 0.4) is 0 Å². The minimum absolute atomic E-state index is 0.113. The Balaban J connectivity index is 3.23. The van der Waals surface area contributed by atoms with Crippen molar-refractivity contribution in [1.29, 1.82) is 0 Å². The molecule has 3 nitrogen and oxygen atoms in total. The van der Waals surface area contributed by atoms with Gasteiger partial charge in [0.1, 0.15) is 17.2 Å². The second-order valence-electron chi connectivity index (χ2n) is 4.66. The highest BCUT2D eigenvalue weighted by Gasteiger charge is 2.25. The van der Waals surface area contributed by atoms with E-state index in [1.807, 2.05) is 0 Å². The molecule has 0 unspecified atom stereocenters. The molecule has 1 rings (SSSR count). The molecule has 0 aliphatic heterocycles. The third-order valence-corrected chi connectivity index (χ3v) is 2.85. The van der Waals surface area contributed by atoms with E-state index in [1.54, 1.807) is 19.2 Å². The molecule has 0 radical (unpaired) electrons. The lowest BCUT2D eigenvalue weighted by atomic mass is 9.95. The second kappa shape index (κ2) is 6.05. The number of hydrogen-bond donors (Lipinski definition) is 1. The molecular weight excluding hydrogens is 235 g/mol. The van der Waals surface area contributed by atoms with E-state index < -0.39 is 5.67 Å². The predicted molar refractivity (Wildman–Crippen MR) is 69.1 cm³/mol. The van der Waals surface area contributed by atoms with E-state index in [0.29, 0.717) is 29.9 Å². The molecular formula is C14H21FO3. The summed E-state index contributed by atoms with van der Waals surface area (Å²) in [4.78, 5) is 0. The third kappa shape index (κ3) is 3.35. The fraction of sp³-hybridized carbons (Fsp3) is 0.571. The van der Waals surface area contributed by atoms with Gasteiger partial charge in [0.25, 0.3) is 0 Å². The van der Waals surface area contributed by atoms with Crippen LogP contribution in [0.2, 0.25) is 0 Å². The van der Waals surface area contributed by atoms with E-state index in [-0.39, 0.29) is 6.61 Å². The van der Waals surface area contributed by atoms with E-state index in [2.05, 4.69) is 0 Å². The lowest BCUT2D eigenvalue weighted by molar-refractivity contribution is 0.212. The third-order valence-electron chi connectivity index (χ3n) is 2.85. The highest BCUT2D eigenvalue weighted by molar-refractivity contribution is 5.48. The van der Waals surface area contributed by atoms with Gasteiger partial charge in [0, 0.05) is 12.2 Å². The van der Waals surface area contributed by atoms with Crippen molar-refractivity contribution < 1.29 is 19.0 Å². The van der Waals surface area contributed by atoms with Crippen LogP contribution in [0, 0.1) is 0 Å². The van der Waals surface area contributed by atoms with Crippen LogP contribution in [0.5, 0.6) is 11.5 Å². The van der Waals surface area contributed by atoms with Gasteiger partial charge in [-0.15, -0.1) is 0 Å². The Kier molecular flexibility index (Phi) is 4.96. The van der Waals surface area contributed by atoms with Gasteiger partial charge >= 0.3 is 0 Å². The quantitative estimate of drug-likeness (QED) is 0.850. The number of alkyl halides is 1. The van der Waals surface area contributed by atoms with E-state index in [4.69, 9.17) is 14.6 Å². The van der Waals surface area contributed by atoms with Gasteiger partial charge in [0.2, 0.25) is 0 Å². The van der Waals surface area contributed by atoms with E-state index >= 15 is 0 Å². The number of rotatable bonds is 6. The molecule has 4 heteroatoms. The largest absolute Gasteiger partial charge is 0.496 e. The minimum atomic E-state index is -1.49. The van der Waals surface area contributed by atoms with Crippen LogP contribution in [0.4, 0.5) is 4.39 Å². The normalized spacial score (nSPS) is 11.4. The lowest BCUT2D eigenvalue weighted by Crippen LogP contribution is -2.12. The minimum Gasteiger partial charge on any atom is -0.496 e. The van der Waals surface area contributed by atoms with Crippen LogP contribution < -0.4 is 9.47 Å². The lowest BCUT2D eigenvalue weighted by Gasteiger charge is -2.21. The first-order valence-corrected chi connectivity index (χ1v) is 5.99. The van der Waals surface area contributed by atoms with Gasteiger partial charge in [-0.2, -0.15) is 0 Å². The Morgan fingerprint density at radius 1 is 1.17 bits per heavy atom. The van der Waals surface area contributed by atoms with Crippen molar-refractivity contribution in [2.24, 2.45) is 0 Å². The van der Waals surface area contributed by atoms with Crippen molar-refractivity contribution in [3.63, 3.8) is 0 Å². The summed E-state index contributed by atoms with van der Waals surface area (Å²) in [6.45, 7) is 3.08. The van der Waals surface area contributed by atoms with Crippen LogP contribution in [-0.2, 0) is 12.1 Å². The Hall–Kier alpha value is -1.29. The van der Waals surface area contributed by atoms with Crippen molar-refractivity contribution in [2.75, 3.05) is 20.8 Å². The molecule has 18 heavy (non-hydrogen) atoms. The summed E-state index contributed by atoms with van der Waals surface area (Å²) >= 11 is 0.